The number of nitrogens with one attached hydrogen (secondary N) is 1. The highest BCUT2D eigenvalue weighted by atomic mass is 32.1. The lowest BCUT2D eigenvalue weighted by atomic mass is 10.2. The van der Waals surface area contributed by atoms with Gasteiger partial charge in [0.15, 0.2) is 0 Å². The average Bonchev–Trinajstić information content (AvgIpc) is 3.45. The molecule has 0 aliphatic carbocycles. The first-order valence-corrected chi connectivity index (χ1v) is 10.9. The Morgan fingerprint density at radius 2 is 2.00 bits per heavy atom. The summed E-state index contributed by atoms with van der Waals surface area (Å²) in [6.07, 6.45) is 0.712. The van der Waals surface area contributed by atoms with E-state index in [1.54, 1.807) is 11.3 Å². The molecule has 3 aromatic rings. The molecule has 1 aromatic carbocycles. The summed E-state index contributed by atoms with van der Waals surface area (Å²) in [5.41, 5.74) is 2.84. The van der Waals surface area contributed by atoms with Gasteiger partial charge in [0.25, 0.3) is 0 Å². The van der Waals surface area contributed by atoms with E-state index in [0.29, 0.717) is 24.6 Å². The van der Waals surface area contributed by atoms with Crippen LogP contribution >= 0.6 is 11.3 Å². The van der Waals surface area contributed by atoms with Crippen LogP contribution in [0.2, 0.25) is 0 Å². The monoisotopic (exact) mass is 411 g/mol. The van der Waals surface area contributed by atoms with E-state index in [0.717, 1.165) is 49.7 Å². The van der Waals surface area contributed by atoms with Crippen molar-refractivity contribution >= 4 is 28.6 Å². The number of para-hydroxylation sites is 2. The van der Waals surface area contributed by atoms with E-state index in [9.17, 15) is 4.79 Å². The fourth-order valence-electron chi connectivity index (χ4n) is 3.45. The smallest absolute Gasteiger partial charge is 0.248 e. The molecule has 1 N–H and O–H groups in total. The summed E-state index contributed by atoms with van der Waals surface area (Å²) < 4.78 is 5.66. The molecule has 29 heavy (non-hydrogen) atoms. The third-order valence-corrected chi connectivity index (χ3v) is 5.82. The summed E-state index contributed by atoms with van der Waals surface area (Å²) in [7, 11) is 0. The molecule has 1 saturated heterocycles. The van der Waals surface area contributed by atoms with Crippen molar-refractivity contribution in [2.24, 2.45) is 0 Å². The number of nitrogens with zero attached hydrogens (tertiary/aromatic N) is 4. The Bertz CT molecular complexity index is 932. The van der Waals surface area contributed by atoms with Crippen LogP contribution in [0.3, 0.4) is 0 Å². The lowest BCUT2D eigenvalue weighted by molar-refractivity contribution is -0.116. The van der Waals surface area contributed by atoms with Crippen molar-refractivity contribution in [2.75, 3.05) is 42.9 Å². The van der Waals surface area contributed by atoms with Crippen molar-refractivity contribution in [1.29, 1.82) is 0 Å². The van der Waals surface area contributed by atoms with Crippen LogP contribution in [0.1, 0.15) is 19.2 Å². The summed E-state index contributed by atoms with van der Waals surface area (Å²) in [5, 5.41) is 15.1. The third kappa shape index (κ3) is 4.83. The van der Waals surface area contributed by atoms with Crippen LogP contribution in [0.25, 0.3) is 11.5 Å². The second-order valence-electron chi connectivity index (χ2n) is 7.00. The highest BCUT2D eigenvalue weighted by Crippen LogP contribution is 2.27. The van der Waals surface area contributed by atoms with E-state index in [2.05, 4.69) is 38.3 Å². The number of likely N-dealkylation sites (N-methyl/N-ethyl adjacent to an activating group) is 1. The molecule has 8 heteroatoms. The zero-order chi connectivity index (χ0) is 20.1. The molecular weight excluding hydrogens is 386 g/mol. The Labute approximate surface area is 174 Å². The molecule has 1 aliphatic heterocycles. The first kappa shape index (κ1) is 19.6. The van der Waals surface area contributed by atoms with Crippen LogP contribution in [0.4, 0.5) is 11.4 Å². The van der Waals surface area contributed by atoms with Gasteiger partial charge < -0.3 is 19.5 Å². The number of amides is 1. The second kappa shape index (κ2) is 9.19. The van der Waals surface area contributed by atoms with Crippen LogP contribution in [-0.2, 0) is 11.2 Å². The van der Waals surface area contributed by atoms with E-state index in [-0.39, 0.29) is 5.91 Å². The number of carbonyl (C=O) groups is 1. The van der Waals surface area contributed by atoms with E-state index in [1.165, 1.54) is 0 Å². The van der Waals surface area contributed by atoms with Gasteiger partial charge in [0.05, 0.1) is 11.4 Å². The summed E-state index contributed by atoms with van der Waals surface area (Å²) >= 11 is 1.58. The minimum absolute atomic E-state index is 0.0556. The van der Waals surface area contributed by atoms with Gasteiger partial charge in [-0.25, -0.2) is 0 Å². The molecule has 0 atom stereocenters. The van der Waals surface area contributed by atoms with Gasteiger partial charge in [0.1, 0.15) is 0 Å². The number of piperazine rings is 1. The second-order valence-corrected chi connectivity index (χ2v) is 7.78. The van der Waals surface area contributed by atoms with Crippen molar-refractivity contribution in [1.82, 2.24) is 15.1 Å². The topological polar surface area (TPSA) is 74.5 Å². The standard InChI is InChI=1S/C21H25N5O2S/c1-2-25-10-12-26(13-11-25)18-6-4-3-5-17(18)22-19(27)7-8-20-23-24-21(28-20)16-9-14-29-15-16/h3-6,9,14-15H,2,7-8,10-13H2,1H3,(H,22,27). The van der Waals surface area contributed by atoms with Gasteiger partial charge in [-0.2, -0.15) is 11.3 Å². The molecule has 0 saturated carbocycles. The number of rotatable bonds is 7. The number of thiophene rings is 1. The Balaban J connectivity index is 1.34. The van der Waals surface area contributed by atoms with Gasteiger partial charge in [-0.3, -0.25) is 4.79 Å². The number of aromatic nitrogens is 2. The molecule has 0 bridgehead atoms. The Morgan fingerprint density at radius 1 is 1.17 bits per heavy atom. The molecule has 4 rings (SSSR count). The third-order valence-electron chi connectivity index (χ3n) is 5.14. The van der Waals surface area contributed by atoms with Gasteiger partial charge in [-0.15, -0.1) is 10.2 Å². The van der Waals surface area contributed by atoms with Gasteiger partial charge >= 0.3 is 0 Å². The summed E-state index contributed by atoms with van der Waals surface area (Å²) in [6, 6.07) is 9.93. The minimum Gasteiger partial charge on any atom is -0.421 e. The van der Waals surface area contributed by atoms with Gasteiger partial charge in [0, 0.05) is 50.0 Å². The predicted molar refractivity (Wildman–Crippen MR) is 115 cm³/mol. The van der Waals surface area contributed by atoms with E-state index in [4.69, 9.17) is 4.42 Å². The number of aryl methyl sites for hydroxylation is 1. The molecule has 3 heterocycles. The zero-order valence-corrected chi connectivity index (χ0v) is 17.3. The molecule has 1 amide bonds. The van der Waals surface area contributed by atoms with Crippen molar-refractivity contribution < 1.29 is 9.21 Å². The maximum absolute atomic E-state index is 12.5. The fourth-order valence-corrected chi connectivity index (χ4v) is 4.08. The lowest BCUT2D eigenvalue weighted by Gasteiger charge is -2.36. The molecule has 7 nitrogen and oxygen atoms in total. The molecule has 1 fully saturated rings. The summed E-state index contributed by atoms with van der Waals surface area (Å²) in [6.45, 7) is 7.29. The Morgan fingerprint density at radius 3 is 2.76 bits per heavy atom. The van der Waals surface area contributed by atoms with E-state index in [1.807, 2.05) is 35.0 Å². The number of anilines is 2. The summed E-state index contributed by atoms with van der Waals surface area (Å²) in [5.74, 6) is 0.920. The molecule has 0 spiro atoms. The maximum Gasteiger partial charge on any atom is 0.248 e. The van der Waals surface area contributed by atoms with Crippen LogP contribution in [0, 0.1) is 0 Å². The largest absolute Gasteiger partial charge is 0.421 e. The number of hydrogen-bond donors (Lipinski definition) is 1. The van der Waals surface area contributed by atoms with Gasteiger partial charge in [0.2, 0.25) is 17.7 Å². The fraction of sp³-hybridized carbons (Fsp3) is 0.381. The van der Waals surface area contributed by atoms with Crippen LogP contribution in [0.15, 0.2) is 45.5 Å². The van der Waals surface area contributed by atoms with Crippen molar-refractivity contribution in [3.63, 3.8) is 0 Å². The molecule has 2 aromatic heterocycles. The molecule has 0 unspecified atom stereocenters. The first-order valence-electron chi connectivity index (χ1n) is 9.94. The molecular formula is C21H25N5O2S. The minimum atomic E-state index is -0.0556. The van der Waals surface area contributed by atoms with Crippen LogP contribution in [0.5, 0.6) is 0 Å². The van der Waals surface area contributed by atoms with Crippen LogP contribution < -0.4 is 10.2 Å². The Kier molecular flexibility index (Phi) is 6.21. The molecule has 0 radical (unpaired) electrons. The Hall–Kier alpha value is -2.71. The highest BCUT2D eigenvalue weighted by Gasteiger charge is 2.19. The number of carbonyl (C=O) groups excluding carboxylic acids is 1. The highest BCUT2D eigenvalue weighted by molar-refractivity contribution is 7.08. The van der Waals surface area contributed by atoms with Crippen molar-refractivity contribution in [3.8, 4) is 11.5 Å². The van der Waals surface area contributed by atoms with Gasteiger partial charge in [-0.05, 0) is 30.1 Å². The lowest BCUT2D eigenvalue weighted by Crippen LogP contribution is -2.46. The SMILES string of the molecule is CCN1CCN(c2ccccc2NC(=O)CCc2nnc(-c3ccsc3)o2)CC1. The van der Waals surface area contributed by atoms with E-state index >= 15 is 0 Å². The molecule has 1 aliphatic rings. The molecule has 152 valence electrons. The zero-order valence-electron chi connectivity index (χ0n) is 16.5. The normalized spacial score (nSPS) is 14.9. The predicted octanol–water partition coefficient (Wildman–Crippen LogP) is 3.51. The quantitative estimate of drug-likeness (QED) is 0.641. The van der Waals surface area contributed by atoms with E-state index < -0.39 is 0 Å². The maximum atomic E-state index is 12.5. The average molecular weight is 412 g/mol. The van der Waals surface area contributed by atoms with Gasteiger partial charge in [-0.1, -0.05) is 19.1 Å². The van der Waals surface area contributed by atoms with Crippen molar-refractivity contribution in [3.05, 3.63) is 47.0 Å². The summed E-state index contributed by atoms with van der Waals surface area (Å²) in [4.78, 5) is 17.3. The number of hydrogen-bond acceptors (Lipinski definition) is 7. The van der Waals surface area contributed by atoms with Crippen LogP contribution in [-0.4, -0.2) is 53.7 Å². The first-order chi connectivity index (χ1) is 14.2. The van der Waals surface area contributed by atoms with Crippen molar-refractivity contribution in [2.45, 2.75) is 19.8 Å². The number of benzene rings is 1.